The second-order valence-electron chi connectivity index (χ2n) is 2.83. The number of para-hydroxylation sites is 1. The van der Waals surface area contributed by atoms with Crippen LogP contribution in [-0.2, 0) is 4.79 Å². The van der Waals surface area contributed by atoms with E-state index in [0.29, 0.717) is 10.8 Å². The average Bonchev–Trinajstić information content (AvgIpc) is 2.12. The molecule has 1 amide bonds. The summed E-state index contributed by atoms with van der Waals surface area (Å²) < 4.78 is 5.21. The number of rotatable bonds is 0. The Balaban J connectivity index is 2.55. The molecule has 0 fully saturated rings. The molecule has 0 saturated heterocycles. The second-order valence-corrected chi connectivity index (χ2v) is 3.24. The maximum atomic E-state index is 11.2. The topological polar surface area (TPSA) is 29.5 Å². The van der Waals surface area contributed by atoms with Gasteiger partial charge in [-0.1, -0.05) is 17.7 Å². The summed E-state index contributed by atoms with van der Waals surface area (Å²) in [6, 6.07) is 5.34. The summed E-state index contributed by atoms with van der Waals surface area (Å²) in [4.78, 5) is 12.8. The van der Waals surface area contributed by atoms with Crippen LogP contribution in [0.4, 0.5) is 5.69 Å². The minimum absolute atomic E-state index is 0.0604. The highest BCUT2D eigenvalue weighted by atomic mass is 35.5. The van der Waals surface area contributed by atoms with Crippen molar-refractivity contribution in [3.8, 4) is 5.75 Å². The van der Waals surface area contributed by atoms with Crippen LogP contribution in [0.25, 0.3) is 0 Å². The summed E-state index contributed by atoms with van der Waals surface area (Å²) in [6.45, 7) is 0.0627. The number of nitrogens with zero attached hydrogens (tertiary/aromatic N) is 1. The fraction of sp³-hybridized carbons (Fsp3) is 0.222. The van der Waals surface area contributed by atoms with E-state index in [4.69, 9.17) is 16.3 Å². The molecule has 1 aliphatic heterocycles. The zero-order chi connectivity index (χ0) is 9.42. The Bertz CT molecular complexity index is 365. The van der Waals surface area contributed by atoms with Crippen LogP contribution in [0.5, 0.6) is 5.75 Å². The smallest absolute Gasteiger partial charge is 0.264 e. The van der Waals surface area contributed by atoms with Crippen LogP contribution in [0.3, 0.4) is 0 Å². The van der Waals surface area contributed by atoms with Gasteiger partial charge in [0.25, 0.3) is 5.91 Å². The van der Waals surface area contributed by atoms with Crippen LogP contribution in [-0.4, -0.2) is 19.6 Å². The van der Waals surface area contributed by atoms with E-state index in [9.17, 15) is 4.79 Å². The van der Waals surface area contributed by atoms with Crippen molar-refractivity contribution >= 4 is 23.2 Å². The highest BCUT2D eigenvalue weighted by molar-refractivity contribution is 6.32. The Morgan fingerprint density at radius 2 is 2.31 bits per heavy atom. The van der Waals surface area contributed by atoms with E-state index in [0.717, 1.165) is 5.69 Å². The van der Waals surface area contributed by atoms with Gasteiger partial charge < -0.3 is 9.64 Å². The summed E-state index contributed by atoms with van der Waals surface area (Å²) in [5, 5.41) is 0.539. The van der Waals surface area contributed by atoms with E-state index in [1.807, 2.05) is 0 Å². The molecule has 0 N–H and O–H groups in total. The Hall–Kier alpha value is -1.22. The van der Waals surface area contributed by atoms with Gasteiger partial charge in [0.1, 0.15) is 0 Å². The van der Waals surface area contributed by atoms with E-state index >= 15 is 0 Å². The highest BCUT2D eigenvalue weighted by Crippen LogP contribution is 2.37. The van der Waals surface area contributed by atoms with Gasteiger partial charge in [-0.2, -0.15) is 0 Å². The number of halogens is 1. The number of benzene rings is 1. The van der Waals surface area contributed by atoms with Crippen LogP contribution < -0.4 is 9.64 Å². The van der Waals surface area contributed by atoms with Crippen molar-refractivity contribution in [1.82, 2.24) is 0 Å². The molecule has 0 radical (unpaired) electrons. The molecule has 1 aromatic rings. The monoisotopic (exact) mass is 197 g/mol. The maximum Gasteiger partial charge on any atom is 0.264 e. The van der Waals surface area contributed by atoms with E-state index in [1.165, 1.54) is 0 Å². The number of anilines is 1. The first kappa shape index (κ1) is 8.38. The SMILES string of the molecule is CN1C(=O)COc2c(Cl)cccc21. The highest BCUT2D eigenvalue weighted by Gasteiger charge is 2.23. The molecule has 1 aromatic carbocycles. The first-order chi connectivity index (χ1) is 6.20. The van der Waals surface area contributed by atoms with Crippen LogP contribution in [0, 0.1) is 0 Å². The molecule has 0 unspecified atom stereocenters. The Morgan fingerprint density at radius 1 is 1.54 bits per heavy atom. The van der Waals surface area contributed by atoms with Gasteiger partial charge in [0.15, 0.2) is 12.4 Å². The van der Waals surface area contributed by atoms with Gasteiger partial charge in [-0.15, -0.1) is 0 Å². The fourth-order valence-electron chi connectivity index (χ4n) is 1.27. The number of carbonyl (C=O) groups excluding carboxylic acids is 1. The van der Waals surface area contributed by atoms with Crippen molar-refractivity contribution in [2.24, 2.45) is 0 Å². The molecule has 0 saturated carbocycles. The summed E-state index contributed by atoms with van der Waals surface area (Å²) >= 11 is 5.89. The van der Waals surface area contributed by atoms with Crippen LogP contribution in [0.15, 0.2) is 18.2 Å². The molecule has 1 aliphatic rings. The summed E-state index contributed by atoms with van der Waals surface area (Å²) in [7, 11) is 1.71. The minimum Gasteiger partial charge on any atom is -0.480 e. The minimum atomic E-state index is -0.0604. The molecule has 3 nitrogen and oxygen atoms in total. The van der Waals surface area contributed by atoms with E-state index in [-0.39, 0.29) is 12.5 Å². The molecule has 0 aliphatic carbocycles. The van der Waals surface area contributed by atoms with E-state index in [1.54, 1.807) is 30.1 Å². The average molecular weight is 198 g/mol. The number of fused-ring (bicyclic) bond motifs is 1. The third-order valence-electron chi connectivity index (χ3n) is 2.02. The zero-order valence-electron chi connectivity index (χ0n) is 7.08. The Morgan fingerprint density at radius 3 is 3.08 bits per heavy atom. The molecule has 0 aromatic heterocycles. The maximum absolute atomic E-state index is 11.2. The van der Waals surface area contributed by atoms with Gasteiger partial charge in [0.2, 0.25) is 0 Å². The van der Waals surface area contributed by atoms with Crippen molar-refractivity contribution in [1.29, 1.82) is 0 Å². The van der Waals surface area contributed by atoms with Gasteiger partial charge in [-0.05, 0) is 12.1 Å². The molecular formula is C9H8ClNO2. The van der Waals surface area contributed by atoms with E-state index < -0.39 is 0 Å². The lowest BCUT2D eigenvalue weighted by atomic mass is 10.2. The normalized spacial score (nSPS) is 15.2. The predicted octanol–water partition coefficient (Wildman–Crippen LogP) is 1.70. The molecule has 13 heavy (non-hydrogen) atoms. The van der Waals surface area contributed by atoms with Gasteiger partial charge in [0, 0.05) is 7.05 Å². The second kappa shape index (κ2) is 2.92. The molecule has 0 bridgehead atoms. The quantitative estimate of drug-likeness (QED) is 0.634. The molecule has 1 heterocycles. The summed E-state index contributed by atoms with van der Waals surface area (Å²) in [6.07, 6.45) is 0. The van der Waals surface area contributed by atoms with Gasteiger partial charge in [0.05, 0.1) is 10.7 Å². The van der Waals surface area contributed by atoms with Crippen LogP contribution >= 0.6 is 11.6 Å². The van der Waals surface area contributed by atoms with Gasteiger partial charge in [-0.25, -0.2) is 0 Å². The zero-order valence-corrected chi connectivity index (χ0v) is 7.84. The van der Waals surface area contributed by atoms with Gasteiger partial charge in [-0.3, -0.25) is 4.79 Å². The third kappa shape index (κ3) is 1.25. The van der Waals surface area contributed by atoms with Crippen molar-refractivity contribution in [2.75, 3.05) is 18.6 Å². The molecule has 68 valence electrons. The molecular weight excluding hydrogens is 190 g/mol. The number of ether oxygens (including phenoxy) is 1. The standard InChI is InChI=1S/C9H8ClNO2/c1-11-7-4-2-3-6(10)9(7)13-5-8(11)12/h2-4H,5H2,1H3. The van der Waals surface area contributed by atoms with Crippen molar-refractivity contribution in [3.63, 3.8) is 0 Å². The van der Waals surface area contributed by atoms with Crippen LogP contribution in [0.2, 0.25) is 5.02 Å². The lowest BCUT2D eigenvalue weighted by molar-refractivity contribution is -0.120. The summed E-state index contributed by atoms with van der Waals surface area (Å²) in [5.74, 6) is 0.529. The first-order valence-electron chi connectivity index (χ1n) is 3.88. The Labute approximate surface area is 80.9 Å². The molecule has 0 atom stereocenters. The lowest BCUT2D eigenvalue weighted by Crippen LogP contribution is -2.35. The predicted molar refractivity (Wildman–Crippen MR) is 50.4 cm³/mol. The fourth-order valence-corrected chi connectivity index (χ4v) is 1.49. The van der Waals surface area contributed by atoms with Crippen LogP contribution in [0.1, 0.15) is 0 Å². The number of carbonyl (C=O) groups is 1. The summed E-state index contributed by atoms with van der Waals surface area (Å²) in [5.41, 5.74) is 0.726. The lowest BCUT2D eigenvalue weighted by Gasteiger charge is -2.26. The first-order valence-corrected chi connectivity index (χ1v) is 4.26. The van der Waals surface area contributed by atoms with Crippen molar-refractivity contribution in [3.05, 3.63) is 23.2 Å². The molecule has 0 spiro atoms. The largest absolute Gasteiger partial charge is 0.480 e. The van der Waals surface area contributed by atoms with Crippen molar-refractivity contribution < 1.29 is 9.53 Å². The molecule has 4 heteroatoms. The number of hydrogen-bond acceptors (Lipinski definition) is 2. The number of amides is 1. The Kier molecular flexibility index (Phi) is 1.88. The number of likely N-dealkylation sites (N-methyl/N-ethyl adjacent to an activating group) is 1. The van der Waals surface area contributed by atoms with Crippen molar-refractivity contribution in [2.45, 2.75) is 0 Å². The third-order valence-corrected chi connectivity index (χ3v) is 2.32. The molecule has 2 rings (SSSR count). The number of hydrogen-bond donors (Lipinski definition) is 0. The van der Waals surface area contributed by atoms with Gasteiger partial charge >= 0.3 is 0 Å². The van der Waals surface area contributed by atoms with E-state index in [2.05, 4.69) is 0 Å².